The van der Waals surface area contributed by atoms with Gasteiger partial charge in [-0.05, 0) is 43.7 Å². The van der Waals surface area contributed by atoms with Crippen LogP contribution in [0.3, 0.4) is 0 Å². The Bertz CT molecular complexity index is 1110. The molecule has 0 fully saturated rings. The van der Waals surface area contributed by atoms with Gasteiger partial charge >= 0.3 is 0 Å². The van der Waals surface area contributed by atoms with Gasteiger partial charge in [0.2, 0.25) is 21.8 Å². The molecule has 0 spiro atoms. The fourth-order valence-corrected chi connectivity index (χ4v) is 4.43. The molecule has 0 heterocycles. The van der Waals surface area contributed by atoms with Crippen molar-refractivity contribution in [2.45, 2.75) is 26.4 Å². The SMILES string of the molecule is CCNC(=O)[C@@H](C)N(Cc1ccccc1Cl)C(=O)CN(c1ccc(OC)c(Cl)c1)S(C)(=O)=O. The third kappa shape index (κ3) is 6.99. The second-order valence-corrected chi connectivity index (χ2v) is 9.99. The number of carbonyl (C=O) groups excluding carboxylic acids is 2. The van der Waals surface area contributed by atoms with E-state index < -0.39 is 28.5 Å². The molecule has 2 amide bonds. The first-order valence-corrected chi connectivity index (χ1v) is 12.7. The van der Waals surface area contributed by atoms with Crippen LogP contribution in [0.4, 0.5) is 5.69 Å². The van der Waals surface area contributed by atoms with Crippen LogP contribution >= 0.6 is 23.2 Å². The molecule has 0 aliphatic carbocycles. The molecule has 0 saturated carbocycles. The molecule has 2 aromatic carbocycles. The highest BCUT2D eigenvalue weighted by Crippen LogP contribution is 2.30. The van der Waals surface area contributed by atoms with Gasteiger partial charge in [0.15, 0.2) is 0 Å². The summed E-state index contributed by atoms with van der Waals surface area (Å²) in [6.45, 7) is 3.23. The highest BCUT2D eigenvalue weighted by atomic mass is 35.5. The first kappa shape index (κ1) is 26.8. The number of ether oxygens (including phenoxy) is 1. The first-order valence-electron chi connectivity index (χ1n) is 10.1. The molecule has 0 aromatic heterocycles. The van der Waals surface area contributed by atoms with Crippen LogP contribution in [-0.4, -0.2) is 57.6 Å². The summed E-state index contributed by atoms with van der Waals surface area (Å²) in [7, 11) is -2.42. The fourth-order valence-electron chi connectivity index (χ4n) is 3.14. The summed E-state index contributed by atoms with van der Waals surface area (Å²) < 4.78 is 31.2. The standard InChI is InChI=1S/C22H27Cl2N3O5S/c1-5-25-22(29)15(2)26(13-16-8-6-7-9-18(16)23)21(28)14-27(33(4,30)31)17-10-11-20(32-3)19(24)12-17/h6-12,15H,5,13-14H2,1-4H3,(H,25,29)/t15-/m1/s1. The van der Waals surface area contributed by atoms with E-state index in [1.807, 2.05) is 0 Å². The molecule has 1 atom stereocenters. The molecule has 0 aliphatic rings. The Balaban J connectivity index is 2.42. The molecule has 11 heteroatoms. The Morgan fingerprint density at radius 1 is 1.12 bits per heavy atom. The number of hydrogen-bond donors (Lipinski definition) is 1. The molecule has 2 rings (SSSR count). The molecule has 0 radical (unpaired) electrons. The summed E-state index contributed by atoms with van der Waals surface area (Å²) in [5, 5.41) is 3.31. The largest absolute Gasteiger partial charge is 0.495 e. The Morgan fingerprint density at radius 3 is 2.33 bits per heavy atom. The Kier molecular flexibility index (Phi) is 9.39. The van der Waals surface area contributed by atoms with Gasteiger partial charge in [0, 0.05) is 18.1 Å². The maximum atomic E-state index is 13.4. The van der Waals surface area contributed by atoms with Crippen LogP contribution in [0.15, 0.2) is 42.5 Å². The van der Waals surface area contributed by atoms with Gasteiger partial charge in [0.05, 0.1) is 24.1 Å². The van der Waals surface area contributed by atoms with E-state index in [1.54, 1.807) is 38.1 Å². The summed E-state index contributed by atoms with van der Waals surface area (Å²) in [6.07, 6.45) is 0.990. The van der Waals surface area contributed by atoms with E-state index in [9.17, 15) is 18.0 Å². The lowest BCUT2D eigenvalue weighted by molar-refractivity contribution is -0.139. The number of methoxy groups -OCH3 is 1. The molecule has 8 nitrogen and oxygen atoms in total. The van der Waals surface area contributed by atoms with Crippen LogP contribution < -0.4 is 14.4 Å². The quantitative estimate of drug-likeness (QED) is 0.523. The number of sulfonamides is 1. The van der Waals surface area contributed by atoms with Gasteiger partial charge < -0.3 is 15.0 Å². The summed E-state index contributed by atoms with van der Waals surface area (Å²) in [4.78, 5) is 27.2. The predicted octanol–water partition coefficient (Wildman–Crippen LogP) is 3.32. The van der Waals surface area contributed by atoms with E-state index in [1.165, 1.54) is 30.2 Å². The lowest BCUT2D eigenvalue weighted by atomic mass is 10.1. The average Bonchev–Trinajstić information content (AvgIpc) is 2.75. The van der Waals surface area contributed by atoms with Gasteiger partial charge in [0.1, 0.15) is 18.3 Å². The lowest BCUT2D eigenvalue weighted by Crippen LogP contribution is -2.51. The Hall–Kier alpha value is -2.49. The predicted molar refractivity (Wildman–Crippen MR) is 130 cm³/mol. The van der Waals surface area contributed by atoms with Crippen LogP contribution in [0, 0.1) is 0 Å². The second kappa shape index (κ2) is 11.6. The van der Waals surface area contributed by atoms with E-state index in [-0.39, 0.29) is 23.2 Å². The Labute approximate surface area is 204 Å². The number of halogens is 2. The van der Waals surface area contributed by atoms with E-state index in [2.05, 4.69) is 5.32 Å². The van der Waals surface area contributed by atoms with Crippen LogP contribution in [0.25, 0.3) is 0 Å². The van der Waals surface area contributed by atoms with Crippen molar-refractivity contribution in [2.24, 2.45) is 0 Å². The highest BCUT2D eigenvalue weighted by Gasteiger charge is 2.30. The molecule has 180 valence electrons. The maximum absolute atomic E-state index is 13.4. The van der Waals surface area contributed by atoms with E-state index >= 15 is 0 Å². The van der Waals surface area contributed by atoms with Crippen LogP contribution in [-0.2, 0) is 26.2 Å². The number of nitrogens with zero attached hydrogens (tertiary/aromatic N) is 2. The van der Waals surface area contributed by atoms with Crippen molar-refractivity contribution in [2.75, 3.05) is 30.8 Å². The number of anilines is 1. The molecule has 33 heavy (non-hydrogen) atoms. The molecule has 0 aliphatic heterocycles. The highest BCUT2D eigenvalue weighted by molar-refractivity contribution is 7.92. The topological polar surface area (TPSA) is 96.0 Å². The van der Waals surface area contributed by atoms with Crippen molar-refractivity contribution < 1.29 is 22.7 Å². The molecular weight excluding hydrogens is 489 g/mol. The van der Waals surface area contributed by atoms with Crippen molar-refractivity contribution in [3.05, 3.63) is 58.1 Å². The van der Waals surface area contributed by atoms with E-state index in [4.69, 9.17) is 27.9 Å². The maximum Gasteiger partial charge on any atom is 0.244 e. The molecular formula is C22H27Cl2N3O5S. The number of benzene rings is 2. The van der Waals surface area contributed by atoms with Gasteiger partial charge in [0.25, 0.3) is 0 Å². The molecule has 0 bridgehead atoms. The molecule has 0 unspecified atom stereocenters. The number of hydrogen-bond acceptors (Lipinski definition) is 5. The second-order valence-electron chi connectivity index (χ2n) is 7.27. The first-order chi connectivity index (χ1) is 15.5. The number of amides is 2. The summed E-state index contributed by atoms with van der Waals surface area (Å²) >= 11 is 12.4. The zero-order valence-electron chi connectivity index (χ0n) is 18.8. The van der Waals surface area contributed by atoms with E-state index in [0.717, 1.165) is 10.6 Å². The summed E-state index contributed by atoms with van der Waals surface area (Å²) in [6, 6.07) is 10.5. The van der Waals surface area contributed by atoms with Gasteiger partial charge in [-0.15, -0.1) is 0 Å². The van der Waals surface area contributed by atoms with Crippen LogP contribution in [0.5, 0.6) is 5.75 Å². The van der Waals surface area contributed by atoms with Crippen LogP contribution in [0.1, 0.15) is 19.4 Å². The minimum absolute atomic E-state index is 0.0256. The number of nitrogens with one attached hydrogen (secondary N) is 1. The zero-order chi connectivity index (χ0) is 24.8. The van der Waals surface area contributed by atoms with E-state index in [0.29, 0.717) is 22.9 Å². The lowest BCUT2D eigenvalue weighted by Gasteiger charge is -2.31. The van der Waals surface area contributed by atoms with Crippen LogP contribution in [0.2, 0.25) is 10.0 Å². The van der Waals surface area contributed by atoms with Gasteiger partial charge in [-0.3, -0.25) is 13.9 Å². The minimum atomic E-state index is -3.86. The fraction of sp³-hybridized carbons (Fsp3) is 0.364. The van der Waals surface area contributed by atoms with Crippen molar-refractivity contribution in [1.82, 2.24) is 10.2 Å². The smallest absolute Gasteiger partial charge is 0.244 e. The zero-order valence-corrected chi connectivity index (χ0v) is 21.2. The summed E-state index contributed by atoms with van der Waals surface area (Å²) in [5.74, 6) is -0.576. The number of carbonyl (C=O) groups is 2. The average molecular weight is 516 g/mol. The molecule has 2 aromatic rings. The number of likely N-dealkylation sites (N-methyl/N-ethyl adjacent to an activating group) is 1. The Morgan fingerprint density at radius 2 is 1.79 bits per heavy atom. The minimum Gasteiger partial charge on any atom is -0.495 e. The third-order valence-electron chi connectivity index (χ3n) is 4.92. The molecule has 1 N–H and O–H groups in total. The number of rotatable bonds is 10. The summed E-state index contributed by atoms with van der Waals surface area (Å²) in [5.41, 5.74) is 0.821. The van der Waals surface area contributed by atoms with Gasteiger partial charge in [-0.1, -0.05) is 41.4 Å². The van der Waals surface area contributed by atoms with Crippen molar-refractivity contribution in [1.29, 1.82) is 0 Å². The van der Waals surface area contributed by atoms with Gasteiger partial charge in [-0.2, -0.15) is 0 Å². The van der Waals surface area contributed by atoms with Crippen molar-refractivity contribution >= 4 is 50.7 Å². The molecule has 0 saturated heterocycles. The normalized spacial score (nSPS) is 12.1. The third-order valence-corrected chi connectivity index (χ3v) is 6.72. The monoisotopic (exact) mass is 515 g/mol. The van der Waals surface area contributed by atoms with Gasteiger partial charge in [-0.25, -0.2) is 8.42 Å². The van der Waals surface area contributed by atoms with Crippen molar-refractivity contribution in [3.8, 4) is 5.75 Å². The van der Waals surface area contributed by atoms with Crippen molar-refractivity contribution in [3.63, 3.8) is 0 Å².